The molecule has 0 saturated carbocycles. The summed E-state index contributed by atoms with van der Waals surface area (Å²) in [6, 6.07) is 4.69. The second kappa shape index (κ2) is 3.03. The van der Waals surface area contributed by atoms with Crippen molar-refractivity contribution < 1.29 is 4.39 Å². The lowest BCUT2D eigenvalue weighted by molar-refractivity contribution is 0.629. The summed E-state index contributed by atoms with van der Waals surface area (Å²) in [6.07, 6.45) is 1.97. The van der Waals surface area contributed by atoms with Crippen LogP contribution in [0, 0.1) is 5.82 Å². The van der Waals surface area contributed by atoms with Gasteiger partial charge in [-0.2, -0.15) is 0 Å². The average molecular weight is 199 g/mol. The minimum atomic E-state index is -0.222. The fraction of sp³-hybridized carbons (Fsp3) is 0.125. The van der Waals surface area contributed by atoms with Crippen LogP contribution in [0.3, 0.4) is 0 Å². The zero-order valence-corrected chi connectivity index (χ0v) is 8.01. The number of hydrogen-bond donors (Lipinski definition) is 0. The van der Waals surface area contributed by atoms with Crippen LogP contribution in [0.4, 0.5) is 4.39 Å². The van der Waals surface area contributed by atoms with E-state index in [2.05, 4.69) is 4.98 Å². The highest BCUT2D eigenvalue weighted by Gasteiger charge is 2.02. The summed E-state index contributed by atoms with van der Waals surface area (Å²) in [5.41, 5.74) is 0.754. The second-order valence-corrected chi connectivity index (χ2v) is 4.38. The molecular weight excluding hydrogens is 193 g/mol. The SMILES string of the molecule is CSc1nc2cc(F)ccc2s1. The number of benzene rings is 1. The fourth-order valence-corrected chi connectivity index (χ4v) is 2.44. The monoisotopic (exact) mass is 199 g/mol. The molecule has 0 atom stereocenters. The molecule has 0 unspecified atom stereocenters. The van der Waals surface area contributed by atoms with Gasteiger partial charge in [-0.3, -0.25) is 0 Å². The molecule has 62 valence electrons. The number of aromatic nitrogens is 1. The zero-order chi connectivity index (χ0) is 8.55. The normalized spacial score (nSPS) is 10.8. The molecule has 2 rings (SSSR count). The van der Waals surface area contributed by atoms with Gasteiger partial charge in [-0.25, -0.2) is 9.37 Å². The highest BCUT2D eigenvalue weighted by atomic mass is 32.2. The lowest BCUT2D eigenvalue weighted by Crippen LogP contribution is -1.72. The topological polar surface area (TPSA) is 12.9 Å². The Morgan fingerprint density at radius 3 is 3.08 bits per heavy atom. The number of fused-ring (bicyclic) bond motifs is 1. The van der Waals surface area contributed by atoms with Crippen molar-refractivity contribution in [3.63, 3.8) is 0 Å². The maximum absolute atomic E-state index is 12.7. The molecule has 0 aliphatic heterocycles. The number of halogens is 1. The smallest absolute Gasteiger partial charge is 0.150 e. The van der Waals surface area contributed by atoms with Crippen molar-refractivity contribution >= 4 is 33.3 Å². The van der Waals surface area contributed by atoms with E-state index in [4.69, 9.17) is 0 Å². The second-order valence-electron chi connectivity index (χ2n) is 2.30. The van der Waals surface area contributed by atoms with Gasteiger partial charge in [-0.05, 0) is 18.4 Å². The predicted octanol–water partition coefficient (Wildman–Crippen LogP) is 3.16. The van der Waals surface area contributed by atoms with E-state index in [1.165, 1.54) is 12.1 Å². The van der Waals surface area contributed by atoms with E-state index in [9.17, 15) is 4.39 Å². The van der Waals surface area contributed by atoms with E-state index < -0.39 is 0 Å². The highest BCUT2D eigenvalue weighted by molar-refractivity contribution is 8.00. The van der Waals surface area contributed by atoms with Gasteiger partial charge >= 0.3 is 0 Å². The van der Waals surface area contributed by atoms with Gasteiger partial charge in [0.25, 0.3) is 0 Å². The van der Waals surface area contributed by atoms with E-state index in [0.29, 0.717) is 0 Å². The molecule has 0 aliphatic rings. The Bertz CT molecular complexity index is 410. The Hall–Kier alpha value is -0.610. The van der Waals surface area contributed by atoms with Crippen LogP contribution < -0.4 is 0 Å². The van der Waals surface area contributed by atoms with Crippen molar-refractivity contribution in [2.45, 2.75) is 4.34 Å². The van der Waals surface area contributed by atoms with Crippen molar-refractivity contribution in [1.29, 1.82) is 0 Å². The van der Waals surface area contributed by atoms with Crippen LogP contribution in [0.5, 0.6) is 0 Å². The van der Waals surface area contributed by atoms with Gasteiger partial charge in [0.05, 0.1) is 10.2 Å². The van der Waals surface area contributed by atoms with Gasteiger partial charge in [-0.1, -0.05) is 11.8 Å². The molecule has 0 saturated heterocycles. The fourth-order valence-electron chi connectivity index (χ4n) is 0.967. The van der Waals surface area contributed by atoms with E-state index >= 15 is 0 Å². The Morgan fingerprint density at radius 2 is 2.33 bits per heavy atom. The Labute approximate surface area is 77.6 Å². The van der Waals surface area contributed by atoms with Crippen LogP contribution in [-0.2, 0) is 0 Å². The van der Waals surface area contributed by atoms with Crippen LogP contribution in [0.1, 0.15) is 0 Å². The Morgan fingerprint density at radius 1 is 1.50 bits per heavy atom. The van der Waals surface area contributed by atoms with E-state index in [-0.39, 0.29) is 5.82 Å². The minimum absolute atomic E-state index is 0.222. The third-order valence-electron chi connectivity index (χ3n) is 1.50. The molecule has 0 aliphatic carbocycles. The molecule has 1 heterocycles. The third kappa shape index (κ3) is 1.32. The number of thiazole rings is 1. The molecule has 0 bridgehead atoms. The van der Waals surface area contributed by atoms with Crippen molar-refractivity contribution in [2.75, 3.05) is 6.26 Å². The summed E-state index contributed by atoms with van der Waals surface area (Å²) < 4.78 is 14.7. The van der Waals surface area contributed by atoms with Crippen LogP contribution in [-0.4, -0.2) is 11.2 Å². The molecule has 12 heavy (non-hydrogen) atoms. The molecule has 1 nitrogen and oxygen atoms in total. The maximum atomic E-state index is 12.7. The molecule has 1 aromatic carbocycles. The van der Waals surface area contributed by atoms with Crippen LogP contribution in [0.25, 0.3) is 10.2 Å². The van der Waals surface area contributed by atoms with Crippen molar-refractivity contribution in [3.05, 3.63) is 24.0 Å². The largest absolute Gasteiger partial charge is 0.230 e. The van der Waals surface area contributed by atoms with Gasteiger partial charge in [-0.15, -0.1) is 11.3 Å². The first-order valence-electron chi connectivity index (χ1n) is 3.39. The summed E-state index contributed by atoms with van der Waals surface area (Å²) >= 11 is 3.18. The number of thioether (sulfide) groups is 1. The quantitative estimate of drug-likeness (QED) is 0.654. The van der Waals surface area contributed by atoms with Gasteiger partial charge in [0, 0.05) is 6.07 Å². The van der Waals surface area contributed by atoms with Gasteiger partial charge in [0.1, 0.15) is 5.82 Å². The standard InChI is InChI=1S/C8H6FNS2/c1-11-8-10-6-4-5(9)2-3-7(6)12-8/h2-4H,1H3. The molecule has 0 amide bonds. The summed E-state index contributed by atoms with van der Waals surface area (Å²) in [7, 11) is 0. The maximum Gasteiger partial charge on any atom is 0.150 e. The Balaban J connectivity index is 2.67. The molecule has 4 heteroatoms. The third-order valence-corrected chi connectivity index (χ3v) is 3.53. The van der Waals surface area contributed by atoms with Crippen molar-refractivity contribution in [3.8, 4) is 0 Å². The summed E-state index contributed by atoms with van der Waals surface area (Å²) in [4.78, 5) is 4.23. The zero-order valence-electron chi connectivity index (χ0n) is 6.37. The van der Waals surface area contributed by atoms with Gasteiger partial charge in [0.2, 0.25) is 0 Å². The predicted molar refractivity (Wildman–Crippen MR) is 51.4 cm³/mol. The first-order chi connectivity index (χ1) is 5.79. The molecule has 2 aromatic rings. The van der Waals surface area contributed by atoms with Crippen LogP contribution in [0.15, 0.2) is 22.5 Å². The van der Waals surface area contributed by atoms with Crippen LogP contribution in [0.2, 0.25) is 0 Å². The lowest BCUT2D eigenvalue weighted by Gasteiger charge is -1.85. The first-order valence-corrected chi connectivity index (χ1v) is 5.44. The summed E-state index contributed by atoms with van der Waals surface area (Å²) in [6.45, 7) is 0. The molecule has 0 spiro atoms. The number of hydrogen-bond acceptors (Lipinski definition) is 3. The van der Waals surface area contributed by atoms with E-state index in [1.807, 2.05) is 6.26 Å². The minimum Gasteiger partial charge on any atom is -0.230 e. The van der Waals surface area contributed by atoms with E-state index in [1.54, 1.807) is 29.2 Å². The van der Waals surface area contributed by atoms with Gasteiger partial charge in [0.15, 0.2) is 4.34 Å². The highest BCUT2D eigenvalue weighted by Crippen LogP contribution is 2.28. The summed E-state index contributed by atoms with van der Waals surface area (Å²) in [5.74, 6) is -0.222. The van der Waals surface area contributed by atoms with E-state index in [0.717, 1.165) is 14.6 Å². The van der Waals surface area contributed by atoms with Gasteiger partial charge < -0.3 is 0 Å². The molecule has 0 N–H and O–H groups in total. The van der Waals surface area contributed by atoms with Crippen molar-refractivity contribution in [1.82, 2.24) is 4.98 Å². The lowest BCUT2D eigenvalue weighted by atomic mass is 10.3. The molecule has 0 radical (unpaired) electrons. The van der Waals surface area contributed by atoms with Crippen molar-refractivity contribution in [2.24, 2.45) is 0 Å². The summed E-state index contributed by atoms with van der Waals surface area (Å²) in [5, 5.41) is 0. The number of nitrogens with zero attached hydrogens (tertiary/aromatic N) is 1. The first kappa shape index (κ1) is 8.01. The number of rotatable bonds is 1. The Kier molecular flexibility index (Phi) is 2.02. The van der Waals surface area contributed by atoms with Crippen LogP contribution >= 0.6 is 23.1 Å². The average Bonchev–Trinajstić information content (AvgIpc) is 2.46. The molecule has 0 fully saturated rings. The molecule has 1 aromatic heterocycles. The molecular formula is C8H6FNS2.